The summed E-state index contributed by atoms with van der Waals surface area (Å²) in [5, 5.41) is 12.9. The Balaban J connectivity index is 2.34. The molecule has 0 bridgehead atoms. The number of aliphatic hydroxyl groups is 1. The van der Waals surface area contributed by atoms with Gasteiger partial charge >= 0.3 is 12.4 Å². The molecule has 0 saturated carbocycles. The number of benzene rings is 3. The van der Waals surface area contributed by atoms with Crippen LogP contribution in [-0.2, 0) is 5.60 Å². The number of hydrogen-bond acceptors (Lipinski definition) is 2. The molecule has 202 valence electrons. The summed E-state index contributed by atoms with van der Waals surface area (Å²) in [5.41, 5.74) is 0.464. The molecule has 0 amide bonds. The first-order valence-corrected chi connectivity index (χ1v) is 12.4. The van der Waals surface area contributed by atoms with Crippen molar-refractivity contribution in [3.63, 3.8) is 0 Å². The Kier molecular flexibility index (Phi) is 8.83. The van der Waals surface area contributed by atoms with Crippen molar-refractivity contribution in [2.75, 3.05) is 6.61 Å². The van der Waals surface area contributed by atoms with E-state index < -0.39 is 43.6 Å². The van der Waals surface area contributed by atoms with Crippen LogP contribution in [0.2, 0.25) is 0 Å². The number of halogens is 6. The van der Waals surface area contributed by atoms with E-state index in [1.165, 1.54) is 6.07 Å². The van der Waals surface area contributed by atoms with Gasteiger partial charge < -0.3 is 9.84 Å². The van der Waals surface area contributed by atoms with Crippen molar-refractivity contribution >= 4 is 10.8 Å². The average Bonchev–Trinajstić information content (AvgIpc) is 2.81. The first-order chi connectivity index (χ1) is 17.2. The maximum Gasteiger partial charge on any atom is 0.389 e. The SMILES string of the molecule is CCCCOc1cc(C(O)(CCC(F)(F)F)CCC(F)(F)F)c(-c2ccc(C)cc2)c2ccc(C)cc12. The third-order valence-electron chi connectivity index (χ3n) is 6.50. The van der Waals surface area contributed by atoms with Gasteiger partial charge in [-0.3, -0.25) is 0 Å². The van der Waals surface area contributed by atoms with Gasteiger partial charge in [0.15, 0.2) is 0 Å². The van der Waals surface area contributed by atoms with Crippen molar-refractivity contribution in [2.24, 2.45) is 0 Å². The zero-order chi connectivity index (χ0) is 27.4. The topological polar surface area (TPSA) is 29.5 Å². The lowest BCUT2D eigenvalue weighted by atomic mass is 9.78. The number of alkyl halides is 6. The van der Waals surface area contributed by atoms with Crippen LogP contribution in [-0.4, -0.2) is 24.1 Å². The van der Waals surface area contributed by atoms with E-state index >= 15 is 0 Å². The smallest absolute Gasteiger partial charge is 0.389 e. The first kappa shape index (κ1) is 28.8. The predicted octanol–water partition coefficient (Wildman–Crippen LogP) is 9.18. The minimum atomic E-state index is -4.65. The molecule has 0 saturated heterocycles. The summed E-state index contributed by atoms with van der Waals surface area (Å²) in [5.74, 6) is 0.329. The Morgan fingerprint density at radius 1 is 0.730 bits per heavy atom. The zero-order valence-electron chi connectivity index (χ0n) is 21.2. The molecule has 3 aromatic carbocycles. The monoisotopic (exact) mass is 526 g/mol. The van der Waals surface area contributed by atoms with Crippen LogP contribution in [0.4, 0.5) is 26.3 Å². The molecule has 1 N–H and O–H groups in total. The highest BCUT2D eigenvalue weighted by Gasteiger charge is 2.41. The van der Waals surface area contributed by atoms with Gasteiger partial charge in [-0.15, -0.1) is 0 Å². The van der Waals surface area contributed by atoms with Crippen LogP contribution in [0.25, 0.3) is 21.9 Å². The lowest BCUT2D eigenvalue weighted by molar-refractivity contribution is -0.161. The molecule has 0 aromatic heterocycles. The van der Waals surface area contributed by atoms with Gasteiger partial charge in [0.05, 0.1) is 12.2 Å². The zero-order valence-corrected chi connectivity index (χ0v) is 21.2. The Hall–Kier alpha value is -2.74. The van der Waals surface area contributed by atoms with E-state index in [1.807, 2.05) is 45.0 Å². The molecular formula is C29H32F6O2. The molecule has 3 aromatic rings. The lowest BCUT2D eigenvalue weighted by Crippen LogP contribution is -2.31. The van der Waals surface area contributed by atoms with Gasteiger partial charge in [-0.2, -0.15) is 26.3 Å². The van der Waals surface area contributed by atoms with Crippen LogP contribution in [0.5, 0.6) is 5.75 Å². The number of aryl methyl sites for hydroxylation is 2. The molecule has 0 spiro atoms. The Labute approximate surface area is 213 Å². The standard InChI is InChI=1S/C29H32F6O2/c1-4-5-16-37-25-18-24(27(36,12-14-28(30,31)32)13-15-29(33,34)35)26(21-9-6-19(2)7-10-21)22-11-8-20(3)17-23(22)25/h6-11,17-18,36H,4-5,12-16H2,1-3H3. The summed E-state index contributed by atoms with van der Waals surface area (Å²) < 4.78 is 85.6. The van der Waals surface area contributed by atoms with Gasteiger partial charge in [0.1, 0.15) is 5.75 Å². The average molecular weight is 527 g/mol. The summed E-state index contributed by atoms with van der Waals surface area (Å²) in [6.07, 6.45) is -12.4. The van der Waals surface area contributed by atoms with Crippen molar-refractivity contribution in [3.05, 3.63) is 65.2 Å². The molecule has 0 aliphatic rings. The van der Waals surface area contributed by atoms with E-state index in [-0.39, 0.29) is 5.56 Å². The third kappa shape index (κ3) is 7.63. The van der Waals surface area contributed by atoms with E-state index in [2.05, 4.69) is 0 Å². The van der Waals surface area contributed by atoms with E-state index in [1.54, 1.807) is 18.2 Å². The summed E-state index contributed by atoms with van der Waals surface area (Å²) >= 11 is 0. The summed E-state index contributed by atoms with van der Waals surface area (Å²) in [4.78, 5) is 0. The molecule has 0 atom stereocenters. The minimum Gasteiger partial charge on any atom is -0.493 e. The second-order valence-electron chi connectivity index (χ2n) is 9.68. The second kappa shape index (κ2) is 11.3. The van der Waals surface area contributed by atoms with E-state index in [4.69, 9.17) is 4.74 Å². The quantitative estimate of drug-likeness (QED) is 0.211. The maximum atomic E-state index is 13.3. The minimum absolute atomic E-state index is 0.00713. The van der Waals surface area contributed by atoms with Crippen molar-refractivity contribution in [1.29, 1.82) is 0 Å². The molecule has 0 heterocycles. The molecule has 2 nitrogen and oxygen atoms in total. The Morgan fingerprint density at radius 2 is 1.30 bits per heavy atom. The molecule has 8 heteroatoms. The molecule has 3 rings (SSSR count). The third-order valence-corrected chi connectivity index (χ3v) is 6.50. The molecule has 37 heavy (non-hydrogen) atoms. The van der Waals surface area contributed by atoms with Gasteiger partial charge in [0, 0.05) is 18.2 Å². The van der Waals surface area contributed by atoms with E-state index in [0.29, 0.717) is 34.3 Å². The molecule has 0 unspecified atom stereocenters. The van der Waals surface area contributed by atoms with Crippen LogP contribution in [0.3, 0.4) is 0 Å². The van der Waals surface area contributed by atoms with Crippen LogP contribution in [0.1, 0.15) is 62.1 Å². The normalized spacial score (nSPS) is 12.8. The number of fused-ring (bicyclic) bond motifs is 1. The van der Waals surface area contributed by atoms with Gasteiger partial charge in [-0.1, -0.05) is 60.9 Å². The van der Waals surface area contributed by atoms with E-state index in [9.17, 15) is 31.4 Å². The highest BCUT2D eigenvalue weighted by Crippen LogP contribution is 2.47. The highest BCUT2D eigenvalue weighted by atomic mass is 19.4. The van der Waals surface area contributed by atoms with Crippen LogP contribution in [0, 0.1) is 13.8 Å². The van der Waals surface area contributed by atoms with Crippen molar-refractivity contribution in [2.45, 2.75) is 77.2 Å². The number of ether oxygens (including phenoxy) is 1. The molecule has 0 aliphatic heterocycles. The van der Waals surface area contributed by atoms with Crippen molar-refractivity contribution in [1.82, 2.24) is 0 Å². The van der Waals surface area contributed by atoms with Gasteiger partial charge in [0.2, 0.25) is 0 Å². The fourth-order valence-corrected chi connectivity index (χ4v) is 4.44. The first-order valence-electron chi connectivity index (χ1n) is 12.4. The van der Waals surface area contributed by atoms with Crippen molar-refractivity contribution in [3.8, 4) is 16.9 Å². The maximum absolute atomic E-state index is 13.3. The molecular weight excluding hydrogens is 494 g/mol. The van der Waals surface area contributed by atoms with Crippen LogP contribution in [0.15, 0.2) is 48.5 Å². The van der Waals surface area contributed by atoms with Crippen molar-refractivity contribution < 1.29 is 36.2 Å². The summed E-state index contributed by atoms with van der Waals surface area (Å²) in [6.45, 7) is 6.06. The fourth-order valence-electron chi connectivity index (χ4n) is 4.44. The fraction of sp³-hybridized carbons (Fsp3) is 0.448. The molecule has 0 aliphatic carbocycles. The number of rotatable bonds is 10. The van der Waals surface area contributed by atoms with Crippen LogP contribution < -0.4 is 4.74 Å². The number of unbranched alkanes of at least 4 members (excludes halogenated alkanes) is 1. The lowest BCUT2D eigenvalue weighted by Gasteiger charge is -2.33. The van der Waals surface area contributed by atoms with Gasteiger partial charge in [-0.05, 0) is 67.3 Å². The Morgan fingerprint density at radius 3 is 1.84 bits per heavy atom. The summed E-state index contributed by atoms with van der Waals surface area (Å²) in [7, 11) is 0. The van der Waals surface area contributed by atoms with Gasteiger partial charge in [0.25, 0.3) is 0 Å². The largest absolute Gasteiger partial charge is 0.493 e. The molecule has 0 radical (unpaired) electrons. The summed E-state index contributed by atoms with van der Waals surface area (Å²) in [6, 6.07) is 14.1. The van der Waals surface area contributed by atoms with Crippen LogP contribution >= 0.6 is 0 Å². The Bertz CT molecular complexity index is 1180. The van der Waals surface area contributed by atoms with Gasteiger partial charge in [-0.25, -0.2) is 0 Å². The van der Waals surface area contributed by atoms with E-state index in [0.717, 1.165) is 24.0 Å². The number of hydrogen-bond donors (Lipinski definition) is 1. The highest BCUT2D eigenvalue weighted by molar-refractivity contribution is 6.02. The predicted molar refractivity (Wildman–Crippen MR) is 134 cm³/mol. The second-order valence-corrected chi connectivity index (χ2v) is 9.68. The molecule has 0 fully saturated rings.